The summed E-state index contributed by atoms with van der Waals surface area (Å²) in [6, 6.07) is 52.1. The van der Waals surface area contributed by atoms with Crippen molar-refractivity contribution in [3.05, 3.63) is 297 Å². The SMILES string of the molecule is C[C@@]1(Cc2ccc(Br)cc2)C(=O)N(c2cc(Cl)cc(Cl)c2)c2nccn21.C[C@@]1(Cc2ccc(C#N)cc2)C(=O)N(c2cc(Cl)cc(Cl)c2)c2ncc(S(=O)(=O)Cl)n21.C[C@@]1(Cc2ccc(C#N)cc2)C(=O)N(c2cc(Cl)cc(Cl)c2)c2nccn21.C[C@H](N)C(N)=O.C[C@H](NS(=O)(=O)c1cnc2n1[C@](C)(Cc1ccc(C#N)cc1)C(=O)N2c1cc(Cl)cc(Cl)c1)C(N)=O.Cl.[CH-]1CCCC1.[Cl-].[Mg+2]. The van der Waals surface area contributed by atoms with Crippen LogP contribution in [-0.2, 0) is 95.7 Å². The van der Waals surface area contributed by atoms with E-state index in [1.54, 1.807) is 146 Å². The number of hydrogen-bond acceptors (Lipinski definition) is 18. The molecule has 5 aliphatic rings. The molecule has 4 aromatic heterocycles. The van der Waals surface area contributed by atoms with Crippen LogP contribution in [0.4, 0.5) is 46.5 Å². The number of halogens is 12. The van der Waals surface area contributed by atoms with Crippen LogP contribution < -0.4 is 53.9 Å². The number of sulfonamides is 1. The number of amides is 6. The largest absolute Gasteiger partial charge is 2.00 e. The third-order valence-corrected chi connectivity index (χ3v) is 26.8. The number of nitriles is 3. The first-order chi connectivity index (χ1) is 61.9. The smallest absolute Gasteiger partial charge is 1.00 e. The number of fused-ring (bicyclic) bond motifs is 4. The van der Waals surface area contributed by atoms with Gasteiger partial charge in [0.1, 0.15) is 22.2 Å². The Bertz CT molecular complexity index is 6750. The zero-order valence-electron chi connectivity index (χ0n) is 71.6. The molecule has 0 bridgehead atoms. The van der Waals surface area contributed by atoms with Crippen LogP contribution in [0.5, 0.6) is 0 Å². The van der Waals surface area contributed by atoms with Crippen molar-refractivity contribution >= 4 is 256 Å². The first-order valence-corrected chi connectivity index (χ1v) is 47.3. The Kier molecular flexibility index (Phi) is 35.8. The number of nitrogens with one attached hydrogen (secondary N) is 1. The van der Waals surface area contributed by atoms with Gasteiger partial charge in [-0.3, -0.25) is 37.9 Å². The van der Waals surface area contributed by atoms with Gasteiger partial charge < -0.3 is 45.2 Å². The van der Waals surface area contributed by atoms with Crippen LogP contribution in [0.2, 0.25) is 40.2 Å². The molecule has 7 N–H and O–H groups in total. The van der Waals surface area contributed by atoms with Crippen molar-refractivity contribution in [1.82, 2.24) is 42.9 Å². The maximum Gasteiger partial charge on any atom is 2.00 e. The van der Waals surface area contributed by atoms with Crippen molar-refractivity contribution in [2.24, 2.45) is 17.2 Å². The average Bonchev–Trinajstić information content (AvgIpc) is 1.57. The summed E-state index contributed by atoms with van der Waals surface area (Å²) in [6.07, 6.45) is 18.4. The molecule has 8 heterocycles. The summed E-state index contributed by atoms with van der Waals surface area (Å²) in [5.41, 5.74) is 17.1. The minimum Gasteiger partial charge on any atom is -1.00 e. The van der Waals surface area contributed by atoms with Gasteiger partial charge in [-0.2, -0.15) is 33.3 Å². The van der Waals surface area contributed by atoms with Crippen molar-refractivity contribution in [1.29, 1.82) is 15.8 Å². The molecule has 0 radical (unpaired) electrons. The second-order valence-corrected chi connectivity index (χ2v) is 40.1. The van der Waals surface area contributed by atoms with Crippen molar-refractivity contribution in [3.63, 3.8) is 0 Å². The molecule has 29 nitrogen and oxygen atoms in total. The van der Waals surface area contributed by atoms with E-state index in [0.717, 1.165) is 33.6 Å². The van der Waals surface area contributed by atoms with Crippen molar-refractivity contribution in [2.75, 3.05) is 19.6 Å². The van der Waals surface area contributed by atoms with Gasteiger partial charge in [0.2, 0.25) is 35.6 Å². The molecule has 0 spiro atoms. The first-order valence-electron chi connectivity index (χ1n) is 39.7. The molecule has 1 fully saturated rings. The summed E-state index contributed by atoms with van der Waals surface area (Å²) in [4.78, 5) is 98.6. The van der Waals surface area contributed by atoms with Gasteiger partial charge in [-0.1, -0.05) is 170 Å². The number of anilines is 8. The third kappa shape index (κ3) is 23.5. The second-order valence-electron chi connectivity index (χ2n) is 31.5. The van der Waals surface area contributed by atoms with Crippen LogP contribution in [0.15, 0.2) is 222 Å². The maximum absolute atomic E-state index is 13.9. The Morgan fingerprint density at radius 1 is 0.463 bits per heavy atom. The number of carbonyl (C=O) groups excluding carboxylic acids is 6. The number of aromatic nitrogens is 8. The monoisotopic (exact) mass is 2140 g/mol. The zero-order chi connectivity index (χ0) is 95.3. The van der Waals surface area contributed by atoms with Gasteiger partial charge >= 0.3 is 23.1 Å². The van der Waals surface area contributed by atoms with Crippen LogP contribution in [0.3, 0.4) is 0 Å². The minimum absolute atomic E-state index is 0. The third-order valence-electron chi connectivity index (χ3n) is 21.7. The van der Waals surface area contributed by atoms with Crippen LogP contribution >= 0.6 is 132 Å². The molecular formula is C90H79BrCl11MgN19O10S2. The zero-order valence-corrected chi connectivity index (χ0v) is 84.6. The van der Waals surface area contributed by atoms with Crippen molar-refractivity contribution < 1.29 is 58.0 Å². The Labute approximate surface area is 853 Å². The number of primary amides is 2. The molecule has 6 atom stereocenters. The van der Waals surface area contributed by atoms with E-state index < -0.39 is 76.9 Å². The van der Waals surface area contributed by atoms with Crippen LogP contribution in [0.25, 0.3) is 0 Å². The molecule has 12 aromatic rings. The number of imidazole rings is 4. The maximum atomic E-state index is 13.9. The normalized spacial score (nSPS) is 18.0. The quantitative estimate of drug-likeness (QED) is 0.0352. The Morgan fingerprint density at radius 2 is 0.731 bits per heavy atom. The average molecular weight is 2150 g/mol. The first kappa shape index (κ1) is 108. The van der Waals surface area contributed by atoms with Gasteiger partial charge in [0.05, 0.1) is 82.1 Å². The number of carbonyl (C=O) groups is 6. The molecule has 692 valence electrons. The van der Waals surface area contributed by atoms with E-state index >= 15 is 0 Å². The summed E-state index contributed by atoms with van der Waals surface area (Å²) < 4.78 is 60.6. The Morgan fingerprint density at radius 3 is 1.00 bits per heavy atom. The number of rotatable bonds is 18. The fraction of sp³-hybridized carbons (Fsp3) is 0.222. The summed E-state index contributed by atoms with van der Waals surface area (Å²) in [5.74, 6) is -1.23. The molecule has 134 heavy (non-hydrogen) atoms. The van der Waals surface area contributed by atoms with Gasteiger partial charge in [0, 0.05) is 106 Å². The summed E-state index contributed by atoms with van der Waals surface area (Å²) >= 11 is 52.6. The second kappa shape index (κ2) is 44.5. The molecule has 0 saturated heterocycles. The molecular weight excluding hydrogens is 2070 g/mol. The molecule has 8 aromatic carbocycles. The predicted octanol–water partition coefficient (Wildman–Crippen LogP) is 15.4. The van der Waals surface area contributed by atoms with Gasteiger partial charge in [0.15, 0.2) is 10.1 Å². The van der Waals surface area contributed by atoms with E-state index in [1.165, 1.54) is 87.9 Å². The van der Waals surface area contributed by atoms with E-state index in [1.807, 2.05) is 77.7 Å². The summed E-state index contributed by atoms with van der Waals surface area (Å²) in [6.45, 7) is 9.85. The number of hydrogen-bond donors (Lipinski definition) is 4. The van der Waals surface area contributed by atoms with Crippen LogP contribution in [0, 0.1) is 40.4 Å². The predicted molar refractivity (Wildman–Crippen MR) is 521 cm³/mol. The topological polar surface area (TPSA) is 416 Å². The molecule has 1 saturated carbocycles. The Balaban J connectivity index is 0.000000192. The molecule has 6 amide bonds. The van der Waals surface area contributed by atoms with Gasteiger partial charge in [0.25, 0.3) is 42.7 Å². The van der Waals surface area contributed by atoms with Crippen LogP contribution in [-0.4, -0.2) is 126 Å². The van der Waals surface area contributed by atoms with Gasteiger partial charge in [-0.25, -0.2) is 56.4 Å². The molecule has 17 rings (SSSR count). The fourth-order valence-corrected chi connectivity index (χ4v) is 20.0. The number of nitrogens with two attached hydrogens (primary N) is 3. The molecule has 44 heteroatoms. The molecule has 1 aliphatic carbocycles. The van der Waals surface area contributed by atoms with Gasteiger partial charge in [-0.05, 0) is 185 Å². The van der Waals surface area contributed by atoms with E-state index in [-0.39, 0.29) is 105 Å². The number of benzene rings is 8. The summed E-state index contributed by atoms with van der Waals surface area (Å²) in [5, 5.41) is 29.4. The van der Waals surface area contributed by atoms with Crippen molar-refractivity contribution in [3.8, 4) is 18.2 Å². The standard InChI is InChI=1S/C23H20Cl2N6O4S.C20H13Cl3N4O3S.C20H14Cl2N4O.C19H14BrCl2N3O.C5H9.C3H8N2O.2ClH.Mg/c1-13(20(27)32)29-36(34,35)19-12-28-22-30(18-8-16(24)7-17(25)9-18)21(33)23(2,31(19)22)10-14-3-5-15(11-26)6-4-14;1-20(9-12-2-4-13(10-24)5-3-12)18(28)26(16-7-14(21)6-15(22)8-16)19-25-11-17(27(19)20)31(23,29)30;1-20(11-13-2-4-14(12-23)5-3-13)18(27)26(19-24-6-7-25(19)20)17-9-15(21)8-16(22)10-17;1-19(11-12-2-4-13(20)5-3-12)17(26)25(18-23-6-7-24(18)19)16-9-14(21)8-15(22)10-16;1-2-4-5-3-1;1-2(4)3(5)6;;;/h3-9,12-13,29H,10H2,1-2H3,(H2,27,32);2-8,11H,9H2,1H3;2-10H,11H2,1H3;2-10H,11H2,1H3;1H,2-5H2;2H,4H2,1H3,(H2,5,6);2*1H;/q;;;;-1;;;;+2/p-1/t13-,23+;2*20-;19-;;2-;;;/m0111.0.../s1. The van der Waals surface area contributed by atoms with Crippen LogP contribution in [0.1, 0.15) is 106 Å². The van der Waals surface area contributed by atoms with E-state index in [4.69, 9.17) is 131 Å². The summed E-state index contributed by atoms with van der Waals surface area (Å²) in [7, 11) is -2.89. The fourth-order valence-electron chi connectivity index (χ4n) is 15.3. The van der Waals surface area contributed by atoms with Crippen molar-refractivity contribution in [2.45, 2.75) is 137 Å². The van der Waals surface area contributed by atoms with E-state index in [9.17, 15) is 45.6 Å². The minimum atomic E-state index is -4.33. The van der Waals surface area contributed by atoms with E-state index in [0.29, 0.717) is 99.9 Å². The molecule has 4 aliphatic heterocycles. The molecule has 0 unspecified atom stereocenters. The van der Waals surface area contributed by atoms with Gasteiger partial charge in [-0.15, -0.1) is 12.4 Å². The Hall–Kier alpha value is -9.85. The van der Waals surface area contributed by atoms with E-state index in [2.05, 4.69) is 58.8 Å². The number of nitrogens with zero attached hydrogens (tertiary/aromatic N) is 15.